The molecule has 0 bridgehead atoms. The van der Waals surface area contributed by atoms with E-state index < -0.39 is 0 Å². The molecule has 3 aromatic rings. The van der Waals surface area contributed by atoms with Crippen LogP contribution in [0.25, 0.3) is 10.2 Å². The molecule has 2 aliphatic carbocycles. The van der Waals surface area contributed by atoms with Crippen molar-refractivity contribution in [2.24, 2.45) is 0 Å². The van der Waals surface area contributed by atoms with Crippen molar-refractivity contribution < 1.29 is 0 Å². The van der Waals surface area contributed by atoms with Gasteiger partial charge in [0.15, 0.2) is 0 Å². The van der Waals surface area contributed by atoms with Crippen molar-refractivity contribution in [3.05, 3.63) is 46.0 Å². The van der Waals surface area contributed by atoms with E-state index in [4.69, 9.17) is 0 Å². The van der Waals surface area contributed by atoms with Gasteiger partial charge in [-0.3, -0.25) is 4.79 Å². The largest absolute Gasteiger partial charge is 0.367 e. The Balaban J connectivity index is 1.28. The summed E-state index contributed by atoms with van der Waals surface area (Å²) in [6.07, 6.45) is 8.01. The molecule has 0 saturated heterocycles. The summed E-state index contributed by atoms with van der Waals surface area (Å²) in [6.45, 7) is 0. The van der Waals surface area contributed by atoms with E-state index in [9.17, 15) is 4.79 Å². The van der Waals surface area contributed by atoms with Crippen LogP contribution in [0.2, 0.25) is 0 Å². The Morgan fingerprint density at radius 3 is 2.69 bits per heavy atom. The zero-order valence-electron chi connectivity index (χ0n) is 14.5. The minimum absolute atomic E-state index is 0.0293. The van der Waals surface area contributed by atoms with Gasteiger partial charge in [-0.2, -0.15) is 5.10 Å². The lowest BCUT2D eigenvalue weighted by molar-refractivity contribution is 0.301. The second kappa shape index (κ2) is 6.46. The summed E-state index contributed by atoms with van der Waals surface area (Å²) in [5.74, 6) is 1.50. The maximum atomic E-state index is 12.3. The van der Waals surface area contributed by atoms with Crippen molar-refractivity contribution in [1.29, 1.82) is 0 Å². The number of aromatic nitrogens is 4. The molecule has 0 unspecified atom stereocenters. The van der Waals surface area contributed by atoms with Crippen molar-refractivity contribution in [1.82, 2.24) is 19.7 Å². The third-order valence-corrected chi connectivity index (χ3v) is 6.31. The first-order valence-electron chi connectivity index (χ1n) is 9.32. The van der Waals surface area contributed by atoms with Crippen LogP contribution in [0.3, 0.4) is 0 Å². The number of hydrogen-bond acceptors (Lipinski definition) is 6. The van der Waals surface area contributed by atoms with Crippen molar-refractivity contribution in [2.75, 3.05) is 5.32 Å². The molecule has 7 heteroatoms. The van der Waals surface area contributed by atoms with E-state index in [1.54, 1.807) is 28.4 Å². The highest BCUT2D eigenvalue weighted by molar-refractivity contribution is 7.16. The van der Waals surface area contributed by atoms with Crippen LogP contribution < -0.4 is 10.9 Å². The maximum Gasteiger partial charge on any atom is 0.267 e. The van der Waals surface area contributed by atoms with Gasteiger partial charge in [-0.15, -0.1) is 11.3 Å². The van der Waals surface area contributed by atoms with Gasteiger partial charge in [0.25, 0.3) is 5.56 Å². The number of nitrogens with one attached hydrogen (secondary N) is 1. The SMILES string of the molecule is O=c1ccc(C2CC2)nn1C1CCC(Nc2ncnc3sccc23)CC1. The van der Waals surface area contributed by atoms with Crippen molar-refractivity contribution in [3.63, 3.8) is 0 Å². The molecule has 2 saturated carbocycles. The summed E-state index contributed by atoms with van der Waals surface area (Å²) in [4.78, 5) is 22.0. The normalized spacial score (nSPS) is 23.2. The van der Waals surface area contributed by atoms with Gasteiger partial charge in [-0.25, -0.2) is 14.6 Å². The summed E-state index contributed by atoms with van der Waals surface area (Å²) in [5.41, 5.74) is 1.12. The lowest BCUT2D eigenvalue weighted by Crippen LogP contribution is -2.33. The van der Waals surface area contributed by atoms with E-state index in [1.807, 2.05) is 11.4 Å². The third-order valence-electron chi connectivity index (χ3n) is 5.49. The fourth-order valence-corrected chi connectivity index (χ4v) is 4.59. The first kappa shape index (κ1) is 15.9. The quantitative estimate of drug-likeness (QED) is 0.761. The van der Waals surface area contributed by atoms with Gasteiger partial charge in [0.05, 0.1) is 17.1 Å². The number of nitrogens with zero attached hydrogens (tertiary/aromatic N) is 4. The summed E-state index contributed by atoms with van der Waals surface area (Å²) < 4.78 is 1.74. The van der Waals surface area contributed by atoms with Crippen LogP contribution in [0, 0.1) is 0 Å². The fourth-order valence-electron chi connectivity index (χ4n) is 3.86. The van der Waals surface area contributed by atoms with Crippen LogP contribution in [0.4, 0.5) is 5.82 Å². The van der Waals surface area contributed by atoms with Gasteiger partial charge in [0, 0.05) is 18.0 Å². The molecule has 0 aromatic carbocycles. The van der Waals surface area contributed by atoms with Crippen molar-refractivity contribution in [3.8, 4) is 0 Å². The lowest BCUT2D eigenvalue weighted by Gasteiger charge is -2.30. The second-order valence-corrected chi connectivity index (χ2v) is 8.22. The molecular formula is C19H21N5OS. The van der Waals surface area contributed by atoms with Crippen molar-refractivity contribution in [2.45, 2.75) is 56.5 Å². The molecular weight excluding hydrogens is 346 g/mol. The molecule has 6 nitrogen and oxygen atoms in total. The Morgan fingerprint density at radius 2 is 1.88 bits per heavy atom. The second-order valence-electron chi connectivity index (χ2n) is 7.33. The number of rotatable bonds is 4. The lowest BCUT2D eigenvalue weighted by atomic mass is 9.91. The van der Waals surface area contributed by atoms with E-state index in [2.05, 4.69) is 26.4 Å². The first-order valence-corrected chi connectivity index (χ1v) is 10.2. The van der Waals surface area contributed by atoms with Crippen molar-refractivity contribution >= 4 is 27.4 Å². The molecule has 0 amide bonds. The van der Waals surface area contributed by atoms with Crippen LogP contribution in [-0.4, -0.2) is 25.8 Å². The predicted molar refractivity (Wildman–Crippen MR) is 103 cm³/mol. The van der Waals surface area contributed by atoms with Gasteiger partial charge in [0.2, 0.25) is 0 Å². The van der Waals surface area contributed by atoms with E-state index in [0.717, 1.165) is 47.4 Å². The molecule has 3 heterocycles. The van der Waals surface area contributed by atoms with Crippen LogP contribution in [0.1, 0.15) is 56.2 Å². The van der Waals surface area contributed by atoms with E-state index >= 15 is 0 Å². The van der Waals surface area contributed by atoms with Gasteiger partial charge in [0.1, 0.15) is 17.0 Å². The van der Waals surface area contributed by atoms with Gasteiger partial charge in [-0.1, -0.05) is 0 Å². The van der Waals surface area contributed by atoms with Gasteiger partial charge < -0.3 is 5.32 Å². The highest BCUT2D eigenvalue weighted by Crippen LogP contribution is 2.39. The maximum absolute atomic E-state index is 12.3. The van der Waals surface area contributed by atoms with Gasteiger partial charge in [-0.05, 0) is 56.0 Å². The highest BCUT2D eigenvalue weighted by Gasteiger charge is 2.28. The van der Waals surface area contributed by atoms with E-state index in [0.29, 0.717) is 12.0 Å². The zero-order chi connectivity index (χ0) is 17.5. The smallest absolute Gasteiger partial charge is 0.267 e. The van der Waals surface area contributed by atoms with E-state index in [-0.39, 0.29) is 11.6 Å². The first-order chi connectivity index (χ1) is 12.8. The molecule has 0 atom stereocenters. The highest BCUT2D eigenvalue weighted by atomic mass is 32.1. The van der Waals surface area contributed by atoms with E-state index in [1.165, 1.54) is 12.8 Å². The topological polar surface area (TPSA) is 72.7 Å². The number of anilines is 1. The zero-order valence-corrected chi connectivity index (χ0v) is 15.3. The Kier molecular flexibility index (Phi) is 3.96. The molecule has 3 aromatic heterocycles. The van der Waals surface area contributed by atoms with Gasteiger partial charge >= 0.3 is 0 Å². The Morgan fingerprint density at radius 1 is 1.04 bits per heavy atom. The Bertz CT molecular complexity index is 985. The van der Waals surface area contributed by atoms with Crippen LogP contribution in [-0.2, 0) is 0 Å². The number of thiophene rings is 1. The Hall–Kier alpha value is -2.28. The molecule has 1 N–H and O–H groups in total. The minimum Gasteiger partial charge on any atom is -0.367 e. The summed E-state index contributed by atoms with van der Waals surface area (Å²) in [7, 11) is 0. The minimum atomic E-state index is 0.0293. The Labute approximate surface area is 155 Å². The molecule has 0 spiro atoms. The molecule has 2 fully saturated rings. The summed E-state index contributed by atoms with van der Waals surface area (Å²) in [6, 6.07) is 6.27. The molecule has 26 heavy (non-hydrogen) atoms. The fraction of sp³-hybridized carbons (Fsp3) is 0.474. The predicted octanol–water partition coefficient (Wildman–Crippen LogP) is 3.72. The third kappa shape index (κ3) is 3.00. The molecule has 0 radical (unpaired) electrons. The summed E-state index contributed by atoms with van der Waals surface area (Å²) >= 11 is 1.63. The molecule has 134 valence electrons. The van der Waals surface area contributed by atoms with Crippen LogP contribution in [0.15, 0.2) is 34.7 Å². The number of fused-ring (bicyclic) bond motifs is 1. The molecule has 0 aliphatic heterocycles. The standard InChI is InChI=1S/C19H21N5OS/c25-17-8-7-16(12-1-2-12)23-24(17)14-5-3-13(4-6-14)22-18-15-9-10-26-19(15)21-11-20-18/h7-14H,1-6H2,(H,20,21,22). The summed E-state index contributed by atoms with van der Waals surface area (Å²) in [5, 5.41) is 11.4. The average Bonchev–Trinajstić information content (AvgIpc) is 3.40. The van der Waals surface area contributed by atoms with Crippen LogP contribution in [0.5, 0.6) is 0 Å². The average molecular weight is 367 g/mol. The molecule has 5 rings (SSSR count). The molecule has 2 aliphatic rings. The number of hydrogen-bond donors (Lipinski definition) is 1. The monoisotopic (exact) mass is 367 g/mol. The van der Waals surface area contributed by atoms with Crippen LogP contribution >= 0.6 is 11.3 Å².